The lowest BCUT2D eigenvalue weighted by atomic mass is 10.0. The highest BCUT2D eigenvalue weighted by Gasteiger charge is 2.43. The maximum absolute atomic E-state index is 12.7. The van der Waals surface area contributed by atoms with E-state index >= 15 is 0 Å². The summed E-state index contributed by atoms with van der Waals surface area (Å²) >= 11 is 0. The van der Waals surface area contributed by atoms with Crippen molar-refractivity contribution in [2.45, 2.75) is 19.5 Å². The predicted molar refractivity (Wildman–Crippen MR) is 68.7 cm³/mol. The third-order valence-corrected chi connectivity index (χ3v) is 2.73. The summed E-state index contributed by atoms with van der Waals surface area (Å²) in [6, 6.07) is 5.44. The Labute approximate surface area is 117 Å². The Morgan fingerprint density at radius 1 is 1.24 bits per heavy atom. The van der Waals surface area contributed by atoms with Crippen molar-refractivity contribution in [2.75, 3.05) is 6.61 Å². The molecule has 0 N–H and O–H groups in total. The molecule has 7 heteroatoms. The summed E-state index contributed by atoms with van der Waals surface area (Å²) in [7, 11) is 0. The highest BCUT2D eigenvalue weighted by Crippen LogP contribution is 2.32. The molecule has 1 aromatic heterocycles. The molecular weight excluding hydrogens is 289 g/mol. The molecule has 0 amide bonds. The molecule has 0 atom stereocenters. The number of carbonyl (C=O) groups excluding carboxylic acids is 1. The fourth-order valence-electron chi connectivity index (χ4n) is 1.83. The standard InChI is InChI=1S/C14H11F3O4/c1-2-7-20-13-10(11(18)14(15,16)17)8-5-3-4-6-9(8)12(19)21-13/h3-6H,2,7H2,1H3. The second-order valence-electron chi connectivity index (χ2n) is 4.27. The topological polar surface area (TPSA) is 56.5 Å². The van der Waals surface area contributed by atoms with Crippen LogP contribution in [0.2, 0.25) is 0 Å². The van der Waals surface area contributed by atoms with Crippen LogP contribution < -0.4 is 10.4 Å². The van der Waals surface area contributed by atoms with Gasteiger partial charge in [0.1, 0.15) is 5.56 Å². The maximum atomic E-state index is 12.7. The van der Waals surface area contributed by atoms with Crippen molar-refractivity contribution in [1.82, 2.24) is 0 Å². The molecule has 0 bridgehead atoms. The van der Waals surface area contributed by atoms with Gasteiger partial charge in [-0.2, -0.15) is 13.2 Å². The first-order valence-corrected chi connectivity index (χ1v) is 6.16. The van der Waals surface area contributed by atoms with Crippen LogP contribution >= 0.6 is 0 Å². The zero-order valence-electron chi connectivity index (χ0n) is 11.0. The summed E-state index contributed by atoms with van der Waals surface area (Å²) in [5, 5.41) is -0.240. The molecule has 112 valence electrons. The van der Waals surface area contributed by atoms with E-state index in [1.807, 2.05) is 0 Å². The van der Waals surface area contributed by atoms with Crippen molar-refractivity contribution in [3.63, 3.8) is 0 Å². The molecule has 0 fully saturated rings. The molecule has 0 aliphatic rings. The Kier molecular flexibility index (Phi) is 4.02. The van der Waals surface area contributed by atoms with Gasteiger partial charge in [-0.1, -0.05) is 25.1 Å². The van der Waals surface area contributed by atoms with Crippen LogP contribution in [0.1, 0.15) is 23.7 Å². The molecule has 0 radical (unpaired) electrons. The number of hydrogen-bond acceptors (Lipinski definition) is 4. The first kappa shape index (κ1) is 15.1. The molecule has 1 heterocycles. The number of ether oxygens (including phenoxy) is 1. The minimum Gasteiger partial charge on any atom is -0.465 e. The van der Waals surface area contributed by atoms with Crippen molar-refractivity contribution in [2.24, 2.45) is 0 Å². The van der Waals surface area contributed by atoms with Crippen LogP contribution in [0.3, 0.4) is 0 Å². The van der Waals surface area contributed by atoms with E-state index in [0.29, 0.717) is 6.42 Å². The molecule has 0 aliphatic heterocycles. The zero-order valence-corrected chi connectivity index (χ0v) is 11.0. The first-order chi connectivity index (χ1) is 9.86. The van der Waals surface area contributed by atoms with Crippen LogP contribution in [0.4, 0.5) is 13.2 Å². The van der Waals surface area contributed by atoms with Gasteiger partial charge in [-0.05, 0) is 12.5 Å². The molecule has 1 aromatic carbocycles. The van der Waals surface area contributed by atoms with Crippen molar-refractivity contribution >= 4 is 16.6 Å². The number of ketones is 1. The van der Waals surface area contributed by atoms with E-state index in [4.69, 9.17) is 9.15 Å². The molecule has 0 unspecified atom stereocenters. The summed E-state index contributed by atoms with van der Waals surface area (Å²) in [5.41, 5.74) is -1.62. The molecular formula is C14H11F3O4. The first-order valence-electron chi connectivity index (χ1n) is 6.16. The number of hydrogen-bond donors (Lipinski definition) is 0. The number of benzene rings is 1. The minimum atomic E-state index is -5.09. The monoisotopic (exact) mass is 300 g/mol. The lowest BCUT2D eigenvalue weighted by Crippen LogP contribution is -2.25. The third-order valence-electron chi connectivity index (χ3n) is 2.73. The van der Waals surface area contributed by atoms with E-state index in [-0.39, 0.29) is 17.4 Å². The molecule has 0 saturated carbocycles. The average Bonchev–Trinajstić information content (AvgIpc) is 2.43. The molecule has 2 aromatic rings. The van der Waals surface area contributed by atoms with E-state index < -0.39 is 29.1 Å². The minimum absolute atomic E-state index is 0.0272. The second-order valence-corrected chi connectivity index (χ2v) is 4.27. The Morgan fingerprint density at radius 2 is 1.86 bits per heavy atom. The summed E-state index contributed by atoms with van der Waals surface area (Å²) in [6.07, 6.45) is -4.61. The summed E-state index contributed by atoms with van der Waals surface area (Å²) in [4.78, 5) is 23.4. The number of carbonyl (C=O) groups is 1. The highest BCUT2D eigenvalue weighted by molar-refractivity contribution is 6.11. The van der Waals surface area contributed by atoms with Gasteiger partial charge in [0.2, 0.25) is 0 Å². The van der Waals surface area contributed by atoms with Gasteiger partial charge < -0.3 is 9.15 Å². The summed E-state index contributed by atoms with van der Waals surface area (Å²) < 4.78 is 48.0. The highest BCUT2D eigenvalue weighted by atomic mass is 19.4. The fraction of sp³-hybridized carbons (Fsp3) is 0.286. The molecule has 21 heavy (non-hydrogen) atoms. The van der Waals surface area contributed by atoms with Gasteiger partial charge in [0.25, 0.3) is 11.7 Å². The average molecular weight is 300 g/mol. The largest absolute Gasteiger partial charge is 0.465 e. The Morgan fingerprint density at radius 3 is 2.43 bits per heavy atom. The predicted octanol–water partition coefficient (Wildman–Crippen LogP) is 3.33. The summed E-state index contributed by atoms with van der Waals surface area (Å²) in [5.74, 6) is -2.79. The normalized spacial score (nSPS) is 11.6. The van der Waals surface area contributed by atoms with Gasteiger partial charge in [-0.15, -0.1) is 0 Å². The van der Waals surface area contributed by atoms with Crippen molar-refractivity contribution in [3.8, 4) is 5.95 Å². The van der Waals surface area contributed by atoms with Crippen molar-refractivity contribution < 1.29 is 27.1 Å². The molecule has 0 saturated heterocycles. The van der Waals surface area contributed by atoms with Gasteiger partial charge in [0.15, 0.2) is 0 Å². The number of rotatable bonds is 4. The van der Waals surface area contributed by atoms with Gasteiger partial charge in [-0.25, -0.2) is 4.79 Å². The van der Waals surface area contributed by atoms with Crippen molar-refractivity contribution in [3.05, 3.63) is 40.2 Å². The summed E-state index contributed by atoms with van der Waals surface area (Å²) in [6.45, 7) is 1.75. The van der Waals surface area contributed by atoms with Gasteiger partial charge in [0, 0.05) is 5.39 Å². The third kappa shape index (κ3) is 2.91. The zero-order chi connectivity index (χ0) is 15.6. The van der Waals surface area contributed by atoms with E-state index in [0.717, 1.165) is 0 Å². The Hall–Kier alpha value is -2.31. The lowest BCUT2D eigenvalue weighted by Gasteiger charge is -2.12. The smallest absolute Gasteiger partial charge is 0.455 e. The molecule has 4 nitrogen and oxygen atoms in total. The van der Waals surface area contributed by atoms with Crippen LogP contribution in [0, 0.1) is 0 Å². The van der Waals surface area contributed by atoms with Crippen LogP contribution in [0.15, 0.2) is 33.5 Å². The number of fused-ring (bicyclic) bond motifs is 1. The number of alkyl halides is 3. The van der Waals surface area contributed by atoms with E-state index in [2.05, 4.69) is 0 Å². The SMILES string of the molecule is CCCOc1oc(=O)c2ccccc2c1C(=O)C(F)(F)F. The van der Waals surface area contributed by atoms with E-state index in [9.17, 15) is 22.8 Å². The van der Waals surface area contributed by atoms with Crippen LogP contribution in [-0.2, 0) is 0 Å². The van der Waals surface area contributed by atoms with Crippen LogP contribution in [-0.4, -0.2) is 18.6 Å². The number of halogens is 3. The molecule has 0 spiro atoms. The Bertz CT molecular complexity index is 731. The van der Waals surface area contributed by atoms with Gasteiger partial charge >= 0.3 is 11.8 Å². The quantitative estimate of drug-likeness (QED) is 0.813. The fourth-order valence-corrected chi connectivity index (χ4v) is 1.83. The van der Waals surface area contributed by atoms with Crippen LogP contribution in [0.25, 0.3) is 10.8 Å². The van der Waals surface area contributed by atoms with E-state index in [1.165, 1.54) is 24.3 Å². The number of Topliss-reactive ketones (excluding diaryl/α,β-unsaturated/α-hetero) is 1. The lowest BCUT2D eigenvalue weighted by molar-refractivity contribution is -0.0887. The van der Waals surface area contributed by atoms with E-state index in [1.54, 1.807) is 6.92 Å². The van der Waals surface area contributed by atoms with Crippen LogP contribution in [0.5, 0.6) is 5.95 Å². The maximum Gasteiger partial charge on any atom is 0.455 e. The second kappa shape index (κ2) is 5.59. The molecule has 0 aliphatic carbocycles. The van der Waals surface area contributed by atoms with Gasteiger partial charge in [-0.3, -0.25) is 4.79 Å². The molecule has 2 rings (SSSR count). The Balaban J connectivity index is 2.76. The van der Waals surface area contributed by atoms with Gasteiger partial charge in [0.05, 0.1) is 12.0 Å². The van der Waals surface area contributed by atoms with Crippen molar-refractivity contribution in [1.29, 1.82) is 0 Å².